The van der Waals surface area contributed by atoms with Crippen LogP contribution in [0.1, 0.15) is 0 Å². The molecule has 4 nitrogen and oxygen atoms in total. The minimum atomic E-state index is 0.503. The molecule has 0 atom stereocenters. The first-order valence-electron chi connectivity index (χ1n) is 4.05. The SMILES string of the molecule is COc1cccc(-c2n[nH]c(S)n2)c1. The van der Waals surface area contributed by atoms with Gasteiger partial charge in [-0.1, -0.05) is 12.1 Å². The second kappa shape index (κ2) is 3.71. The summed E-state index contributed by atoms with van der Waals surface area (Å²) in [6.07, 6.45) is 0. The number of ether oxygens (including phenoxy) is 1. The van der Waals surface area contributed by atoms with Gasteiger partial charge in [0, 0.05) is 5.56 Å². The molecule has 0 aliphatic rings. The van der Waals surface area contributed by atoms with E-state index in [4.69, 9.17) is 4.74 Å². The third kappa shape index (κ3) is 1.72. The summed E-state index contributed by atoms with van der Waals surface area (Å²) in [7, 11) is 1.63. The third-order valence-electron chi connectivity index (χ3n) is 1.80. The molecule has 72 valence electrons. The van der Waals surface area contributed by atoms with Gasteiger partial charge in [0.25, 0.3) is 0 Å². The molecule has 5 heteroatoms. The Morgan fingerprint density at radius 1 is 1.43 bits per heavy atom. The Kier molecular flexibility index (Phi) is 2.41. The van der Waals surface area contributed by atoms with E-state index in [1.165, 1.54) is 0 Å². The van der Waals surface area contributed by atoms with Crippen LogP contribution in [0, 0.1) is 0 Å². The summed E-state index contributed by atoms with van der Waals surface area (Å²) in [6.45, 7) is 0. The number of aromatic nitrogens is 3. The largest absolute Gasteiger partial charge is 0.497 e. The van der Waals surface area contributed by atoms with Gasteiger partial charge in [0.2, 0.25) is 0 Å². The average Bonchev–Trinajstić information content (AvgIpc) is 2.65. The van der Waals surface area contributed by atoms with E-state index in [1.54, 1.807) is 7.11 Å². The number of H-pyrrole nitrogens is 1. The van der Waals surface area contributed by atoms with E-state index in [1.807, 2.05) is 24.3 Å². The molecule has 0 unspecified atom stereocenters. The predicted molar refractivity (Wildman–Crippen MR) is 55.6 cm³/mol. The molecule has 0 saturated carbocycles. The van der Waals surface area contributed by atoms with Gasteiger partial charge in [0.05, 0.1) is 7.11 Å². The summed E-state index contributed by atoms with van der Waals surface area (Å²) in [4.78, 5) is 4.10. The normalized spacial score (nSPS) is 10.1. The zero-order valence-electron chi connectivity index (χ0n) is 7.56. The van der Waals surface area contributed by atoms with Crippen molar-refractivity contribution in [2.75, 3.05) is 7.11 Å². The zero-order valence-corrected chi connectivity index (χ0v) is 8.45. The van der Waals surface area contributed by atoms with Gasteiger partial charge in [-0.25, -0.2) is 4.98 Å². The lowest BCUT2D eigenvalue weighted by Crippen LogP contribution is -1.84. The molecule has 0 amide bonds. The number of rotatable bonds is 2. The van der Waals surface area contributed by atoms with Crippen LogP contribution in [0.25, 0.3) is 11.4 Å². The molecule has 0 saturated heterocycles. The van der Waals surface area contributed by atoms with Crippen LogP contribution in [0.4, 0.5) is 0 Å². The first-order chi connectivity index (χ1) is 6.79. The van der Waals surface area contributed by atoms with Crippen LogP contribution in [0.15, 0.2) is 29.4 Å². The molecule has 0 aliphatic heterocycles. The van der Waals surface area contributed by atoms with Crippen molar-refractivity contribution in [1.29, 1.82) is 0 Å². The van der Waals surface area contributed by atoms with Gasteiger partial charge in [-0.3, -0.25) is 5.10 Å². The molecule has 14 heavy (non-hydrogen) atoms. The van der Waals surface area contributed by atoms with Crippen molar-refractivity contribution in [1.82, 2.24) is 15.2 Å². The Hall–Kier alpha value is -1.49. The fourth-order valence-corrected chi connectivity index (χ4v) is 1.29. The average molecular weight is 207 g/mol. The lowest BCUT2D eigenvalue weighted by molar-refractivity contribution is 0.415. The molecule has 2 rings (SSSR count). The highest BCUT2D eigenvalue weighted by atomic mass is 32.1. The highest BCUT2D eigenvalue weighted by Gasteiger charge is 2.04. The van der Waals surface area contributed by atoms with Gasteiger partial charge in [-0.2, -0.15) is 5.10 Å². The second-order valence-corrected chi connectivity index (χ2v) is 3.14. The fraction of sp³-hybridized carbons (Fsp3) is 0.111. The van der Waals surface area contributed by atoms with Crippen LogP contribution < -0.4 is 4.74 Å². The summed E-state index contributed by atoms with van der Waals surface area (Å²) in [5.74, 6) is 1.40. The summed E-state index contributed by atoms with van der Waals surface area (Å²) < 4.78 is 5.10. The van der Waals surface area contributed by atoms with Gasteiger partial charge in [0.1, 0.15) is 5.75 Å². The fourth-order valence-electron chi connectivity index (χ4n) is 1.14. The van der Waals surface area contributed by atoms with Crippen molar-refractivity contribution in [3.05, 3.63) is 24.3 Å². The maximum atomic E-state index is 5.10. The molecule has 1 aromatic heterocycles. The Labute approximate surface area is 86.7 Å². The highest BCUT2D eigenvalue weighted by molar-refractivity contribution is 7.80. The van der Waals surface area contributed by atoms with Crippen LogP contribution in [-0.2, 0) is 0 Å². The monoisotopic (exact) mass is 207 g/mol. The maximum absolute atomic E-state index is 5.10. The molecular formula is C9H9N3OS. The van der Waals surface area contributed by atoms with Gasteiger partial charge in [-0.15, -0.1) is 12.6 Å². The number of methoxy groups -OCH3 is 1. The zero-order chi connectivity index (χ0) is 9.97. The number of aromatic amines is 1. The first kappa shape index (κ1) is 9.08. The minimum absolute atomic E-state index is 0.503. The van der Waals surface area contributed by atoms with Crippen LogP contribution in [0.2, 0.25) is 0 Å². The van der Waals surface area contributed by atoms with E-state index in [0.717, 1.165) is 11.3 Å². The van der Waals surface area contributed by atoms with Gasteiger partial charge >= 0.3 is 0 Å². The number of hydrogen-bond donors (Lipinski definition) is 2. The lowest BCUT2D eigenvalue weighted by Gasteiger charge is -2.00. The summed E-state index contributed by atoms with van der Waals surface area (Å²) in [6, 6.07) is 7.55. The Bertz CT molecular complexity index is 441. The van der Waals surface area contributed by atoms with Crippen molar-refractivity contribution >= 4 is 12.6 Å². The molecule has 1 N–H and O–H groups in total. The maximum Gasteiger partial charge on any atom is 0.182 e. The molecule has 1 heterocycles. The number of benzene rings is 1. The van der Waals surface area contributed by atoms with Crippen molar-refractivity contribution in [3.8, 4) is 17.1 Å². The molecule has 0 bridgehead atoms. The van der Waals surface area contributed by atoms with Crippen molar-refractivity contribution in [2.24, 2.45) is 0 Å². The highest BCUT2D eigenvalue weighted by Crippen LogP contribution is 2.20. The predicted octanol–water partition coefficient (Wildman–Crippen LogP) is 1.77. The van der Waals surface area contributed by atoms with E-state index in [0.29, 0.717) is 11.0 Å². The van der Waals surface area contributed by atoms with E-state index >= 15 is 0 Å². The molecular weight excluding hydrogens is 198 g/mol. The van der Waals surface area contributed by atoms with E-state index in [9.17, 15) is 0 Å². The topological polar surface area (TPSA) is 50.8 Å². The van der Waals surface area contributed by atoms with Crippen molar-refractivity contribution in [3.63, 3.8) is 0 Å². The quantitative estimate of drug-likeness (QED) is 0.738. The summed E-state index contributed by atoms with van der Waals surface area (Å²) >= 11 is 4.04. The summed E-state index contributed by atoms with van der Waals surface area (Å²) in [5.41, 5.74) is 0.904. The lowest BCUT2D eigenvalue weighted by atomic mass is 10.2. The van der Waals surface area contributed by atoms with Gasteiger partial charge in [-0.05, 0) is 12.1 Å². The molecule has 0 aliphatic carbocycles. The number of nitrogens with zero attached hydrogens (tertiary/aromatic N) is 2. The number of hydrogen-bond acceptors (Lipinski definition) is 4. The van der Waals surface area contributed by atoms with Gasteiger partial charge in [0.15, 0.2) is 11.0 Å². The molecule has 0 spiro atoms. The van der Waals surface area contributed by atoms with Crippen molar-refractivity contribution < 1.29 is 4.74 Å². The third-order valence-corrected chi connectivity index (χ3v) is 2.00. The van der Waals surface area contributed by atoms with E-state index in [-0.39, 0.29) is 0 Å². The summed E-state index contributed by atoms with van der Waals surface area (Å²) in [5, 5.41) is 7.16. The van der Waals surface area contributed by atoms with Crippen LogP contribution in [-0.4, -0.2) is 22.3 Å². The van der Waals surface area contributed by atoms with E-state index in [2.05, 4.69) is 27.8 Å². The van der Waals surface area contributed by atoms with Crippen molar-refractivity contribution in [2.45, 2.75) is 5.16 Å². The van der Waals surface area contributed by atoms with Crippen LogP contribution in [0.5, 0.6) is 5.75 Å². The number of thiol groups is 1. The first-order valence-corrected chi connectivity index (χ1v) is 4.50. The Morgan fingerprint density at radius 2 is 2.29 bits per heavy atom. The van der Waals surface area contributed by atoms with Crippen LogP contribution in [0.3, 0.4) is 0 Å². The molecule has 0 radical (unpaired) electrons. The molecule has 0 fully saturated rings. The van der Waals surface area contributed by atoms with Crippen LogP contribution >= 0.6 is 12.6 Å². The minimum Gasteiger partial charge on any atom is -0.497 e. The Balaban J connectivity index is 2.41. The van der Waals surface area contributed by atoms with Gasteiger partial charge < -0.3 is 4.74 Å². The standard InChI is InChI=1S/C9H9N3OS/c1-13-7-4-2-3-6(5-7)8-10-9(14)12-11-8/h2-5H,1H3,(H2,10,11,12,14). The number of nitrogens with one attached hydrogen (secondary N) is 1. The molecule has 2 aromatic rings. The smallest absolute Gasteiger partial charge is 0.182 e. The Morgan fingerprint density at radius 3 is 2.93 bits per heavy atom. The second-order valence-electron chi connectivity index (χ2n) is 2.71. The van der Waals surface area contributed by atoms with E-state index < -0.39 is 0 Å². The molecule has 1 aromatic carbocycles.